The Bertz CT molecular complexity index is 1790. The SMILES string of the molecule is C[C@H](c1cccnc1N)N(C)c1nc(OCC2(CN3CCNCC3)CC2(F)F)nc(N2CC3(C2)SCc2sc(N)c(C#N)c23)c1C#N. The maximum Gasteiger partial charge on any atom is 0.320 e. The summed E-state index contributed by atoms with van der Waals surface area (Å²) in [7, 11) is 1.79. The molecule has 0 amide bonds. The number of halogens is 2. The van der Waals surface area contributed by atoms with Crippen molar-refractivity contribution in [1.29, 1.82) is 10.5 Å². The van der Waals surface area contributed by atoms with Gasteiger partial charge in [0.15, 0.2) is 11.6 Å². The number of thiophene rings is 1. The van der Waals surface area contributed by atoms with Gasteiger partial charge in [0.2, 0.25) is 0 Å². The van der Waals surface area contributed by atoms with Crippen LogP contribution in [0.2, 0.25) is 0 Å². The molecule has 0 aromatic carbocycles. The quantitative estimate of drug-likeness (QED) is 0.301. The number of anilines is 4. The van der Waals surface area contributed by atoms with Gasteiger partial charge in [0.1, 0.15) is 35.1 Å². The maximum absolute atomic E-state index is 14.9. The number of ether oxygens (including phenoxy) is 1. The van der Waals surface area contributed by atoms with E-state index in [0.29, 0.717) is 54.2 Å². The zero-order valence-corrected chi connectivity index (χ0v) is 27.7. The van der Waals surface area contributed by atoms with Gasteiger partial charge in [-0.25, -0.2) is 13.8 Å². The van der Waals surface area contributed by atoms with Crippen LogP contribution >= 0.6 is 23.1 Å². The van der Waals surface area contributed by atoms with Gasteiger partial charge in [-0.1, -0.05) is 6.07 Å². The molecular weight excluding hydrogens is 645 g/mol. The molecule has 7 rings (SSSR count). The molecule has 2 saturated heterocycles. The molecule has 1 spiro atoms. The minimum absolute atomic E-state index is 0.0761. The number of hydrogen-bond donors (Lipinski definition) is 3. The zero-order chi connectivity index (χ0) is 33.1. The van der Waals surface area contributed by atoms with Crippen molar-refractivity contribution in [3.8, 4) is 18.1 Å². The number of thioether (sulfide) groups is 1. The Labute approximate surface area is 279 Å². The lowest BCUT2D eigenvalue weighted by atomic mass is 9.88. The Hall–Kier alpha value is -3.96. The molecule has 2 atom stereocenters. The first kappa shape index (κ1) is 31.6. The van der Waals surface area contributed by atoms with Gasteiger partial charge in [0.05, 0.1) is 21.8 Å². The summed E-state index contributed by atoms with van der Waals surface area (Å²) >= 11 is 3.20. The molecule has 6 heterocycles. The van der Waals surface area contributed by atoms with Crippen LogP contribution in [0.3, 0.4) is 0 Å². The number of nitriles is 2. The molecule has 47 heavy (non-hydrogen) atoms. The number of nitrogen functional groups attached to an aromatic ring is 2. The highest BCUT2D eigenvalue weighted by Crippen LogP contribution is 2.61. The highest BCUT2D eigenvalue weighted by atomic mass is 32.2. The van der Waals surface area contributed by atoms with E-state index in [4.69, 9.17) is 16.2 Å². The van der Waals surface area contributed by atoms with Gasteiger partial charge in [-0.15, -0.1) is 23.1 Å². The Kier molecular flexibility index (Phi) is 7.82. The fourth-order valence-electron chi connectivity index (χ4n) is 6.93. The van der Waals surface area contributed by atoms with Crippen LogP contribution in [0.25, 0.3) is 0 Å². The van der Waals surface area contributed by atoms with Gasteiger partial charge < -0.3 is 31.3 Å². The lowest BCUT2D eigenvalue weighted by Gasteiger charge is -2.48. The van der Waals surface area contributed by atoms with Gasteiger partial charge in [-0.2, -0.15) is 20.5 Å². The molecule has 3 aliphatic heterocycles. The third-order valence-electron chi connectivity index (χ3n) is 9.87. The van der Waals surface area contributed by atoms with E-state index < -0.39 is 11.3 Å². The number of fused-ring (bicyclic) bond motifs is 2. The van der Waals surface area contributed by atoms with Crippen molar-refractivity contribution in [2.75, 3.05) is 80.7 Å². The van der Waals surface area contributed by atoms with Crippen molar-refractivity contribution in [1.82, 2.24) is 25.2 Å². The normalized spacial score (nSPS) is 23.0. The van der Waals surface area contributed by atoms with Crippen molar-refractivity contribution in [2.24, 2.45) is 5.41 Å². The summed E-state index contributed by atoms with van der Waals surface area (Å²) in [6.07, 6.45) is 1.34. The molecule has 1 saturated carbocycles. The number of nitrogens with one attached hydrogen (secondary N) is 1. The van der Waals surface area contributed by atoms with E-state index in [1.54, 1.807) is 36.0 Å². The highest BCUT2D eigenvalue weighted by molar-refractivity contribution is 8.00. The lowest BCUT2D eigenvalue weighted by molar-refractivity contribution is 0.0200. The predicted molar refractivity (Wildman–Crippen MR) is 178 cm³/mol. The molecule has 5 N–H and O–H groups in total. The minimum Gasteiger partial charge on any atom is -0.462 e. The van der Waals surface area contributed by atoms with Crippen LogP contribution in [0.1, 0.15) is 46.5 Å². The van der Waals surface area contributed by atoms with Gasteiger partial charge in [-0.05, 0) is 13.0 Å². The lowest BCUT2D eigenvalue weighted by Crippen LogP contribution is -2.57. The Balaban J connectivity index is 1.22. The first-order chi connectivity index (χ1) is 22.5. The van der Waals surface area contributed by atoms with E-state index in [0.717, 1.165) is 34.8 Å². The standard InChI is InChI=1S/C31H35F2N11OS2/c1-18(19-4-3-5-39-24(19)36)42(2)26-21(11-35)27(44-15-30(16-44)23-20(10-34)25(37)47-22(23)12-46-30)41-28(40-26)45-17-29(13-31(29,32)33)14-43-8-6-38-7-9-43/h3-5,18,38H,6-9,12-17,37H2,1-2H3,(H2,36,39)/t18-,29?/m1/s1. The summed E-state index contributed by atoms with van der Waals surface area (Å²) in [4.78, 5) is 20.5. The first-order valence-corrected chi connectivity index (χ1v) is 17.2. The topological polar surface area (TPSA) is 169 Å². The summed E-state index contributed by atoms with van der Waals surface area (Å²) in [5.74, 6) is -1.11. The zero-order valence-electron chi connectivity index (χ0n) is 26.1. The molecule has 1 unspecified atom stereocenters. The van der Waals surface area contributed by atoms with Crippen molar-refractivity contribution >= 4 is 45.6 Å². The molecule has 0 bridgehead atoms. The summed E-state index contributed by atoms with van der Waals surface area (Å²) < 4.78 is 35.6. The number of pyridine rings is 1. The molecule has 3 aromatic rings. The minimum atomic E-state index is -2.86. The molecule has 4 aliphatic rings. The molecule has 246 valence electrons. The largest absolute Gasteiger partial charge is 0.462 e. The second-order valence-electron chi connectivity index (χ2n) is 12.8. The van der Waals surface area contributed by atoms with Crippen LogP contribution < -0.4 is 31.3 Å². The van der Waals surface area contributed by atoms with E-state index in [2.05, 4.69) is 32.4 Å². The average molecular weight is 680 g/mol. The fourth-order valence-corrected chi connectivity index (χ4v) is 9.74. The summed E-state index contributed by atoms with van der Waals surface area (Å²) in [5.41, 5.74) is 13.5. The van der Waals surface area contributed by atoms with Crippen molar-refractivity contribution < 1.29 is 13.5 Å². The average Bonchev–Trinajstić information content (AvgIpc) is 3.27. The van der Waals surface area contributed by atoms with E-state index >= 15 is 0 Å². The van der Waals surface area contributed by atoms with Crippen molar-refractivity contribution in [2.45, 2.75) is 35.8 Å². The number of hydrogen-bond acceptors (Lipinski definition) is 14. The highest BCUT2D eigenvalue weighted by Gasteiger charge is 2.72. The van der Waals surface area contributed by atoms with Crippen molar-refractivity contribution in [3.05, 3.63) is 45.5 Å². The second-order valence-corrected chi connectivity index (χ2v) is 15.3. The summed E-state index contributed by atoms with van der Waals surface area (Å²) in [6.45, 7) is 5.75. The van der Waals surface area contributed by atoms with Gasteiger partial charge in [0, 0.05) is 87.2 Å². The third-order valence-corrected chi connectivity index (χ3v) is 12.5. The number of alkyl halides is 2. The Morgan fingerprint density at radius 2 is 1.89 bits per heavy atom. The van der Waals surface area contributed by atoms with Crippen LogP contribution in [0.15, 0.2) is 18.3 Å². The van der Waals surface area contributed by atoms with Crippen LogP contribution in [0.4, 0.5) is 31.2 Å². The molecular formula is C31H35F2N11OS2. The first-order valence-electron chi connectivity index (χ1n) is 15.4. The van der Waals surface area contributed by atoms with Gasteiger partial charge >= 0.3 is 6.01 Å². The maximum atomic E-state index is 14.9. The van der Waals surface area contributed by atoms with E-state index in [1.165, 1.54) is 11.3 Å². The number of aromatic nitrogens is 3. The Morgan fingerprint density at radius 3 is 2.55 bits per heavy atom. The molecule has 12 nitrogen and oxygen atoms in total. The number of nitrogens with two attached hydrogens (primary N) is 2. The van der Waals surface area contributed by atoms with Crippen LogP contribution in [-0.4, -0.2) is 85.2 Å². The number of rotatable bonds is 9. The smallest absolute Gasteiger partial charge is 0.320 e. The molecule has 0 radical (unpaired) electrons. The molecule has 16 heteroatoms. The molecule has 3 fully saturated rings. The Morgan fingerprint density at radius 1 is 1.17 bits per heavy atom. The van der Waals surface area contributed by atoms with Crippen LogP contribution in [-0.2, 0) is 10.5 Å². The van der Waals surface area contributed by atoms with Crippen LogP contribution in [0, 0.1) is 28.1 Å². The van der Waals surface area contributed by atoms with Gasteiger partial charge in [0.25, 0.3) is 5.92 Å². The summed E-state index contributed by atoms with van der Waals surface area (Å²) in [6, 6.07) is 7.80. The van der Waals surface area contributed by atoms with Gasteiger partial charge in [-0.3, -0.25) is 4.90 Å². The molecule has 3 aromatic heterocycles. The van der Waals surface area contributed by atoms with E-state index in [1.807, 2.05) is 22.8 Å². The summed E-state index contributed by atoms with van der Waals surface area (Å²) in [5, 5.41) is 24.1. The predicted octanol–water partition coefficient (Wildman–Crippen LogP) is 3.31. The number of piperazine rings is 1. The van der Waals surface area contributed by atoms with Crippen LogP contribution in [0.5, 0.6) is 6.01 Å². The second kappa shape index (κ2) is 11.6. The van der Waals surface area contributed by atoms with Crippen molar-refractivity contribution in [3.63, 3.8) is 0 Å². The monoisotopic (exact) mass is 679 g/mol. The fraction of sp³-hybridized carbons (Fsp3) is 0.516. The van der Waals surface area contributed by atoms with E-state index in [9.17, 15) is 19.3 Å². The molecule has 1 aliphatic carbocycles. The number of nitrogens with zero attached hydrogens (tertiary/aromatic N) is 8. The third kappa shape index (κ3) is 5.27. The van der Waals surface area contributed by atoms with E-state index in [-0.39, 0.29) is 41.9 Å².